The Morgan fingerprint density at radius 2 is 2.21 bits per heavy atom. The molecule has 0 aliphatic heterocycles. The van der Waals surface area contributed by atoms with Crippen molar-refractivity contribution in [3.63, 3.8) is 0 Å². The number of carbonyl (C=O) groups is 1. The van der Waals surface area contributed by atoms with E-state index < -0.39 is 0 Å². The van der Waals surface area contributed by atoms with Crippen LogP contribution in [0, 0.1) is 0 Å². The monoisotopic (exact) mass is 342 g/mol. The Hall–Kier alpha value is -0.680. The van der Waals surface area contributed by atoms with Gasteiger partial charge in [-0.25, -0.2) is 0 Å². The smallest absolute Gasteiger partial charge is 0.251 e. The highest BCUT2D eigenvalue weighted by Gasteiger charge is 2.23. The molecular formula is C14H19BrN2OS. The van der Waals surface area contributed by atoms with Gasteiger partial charge in [0, 0.05) is 27.0 Å². The molecule has 2 rings (SSSR count). The number of hydrogen-bond acceptors (Lipinski definition) is 3. The number of nitrogens with two attached hydrogens (primary N) is 1. The van der Waals surface area contributed by atoms with E-state index in [4.69, 9.17) is 5.73 Å². The lowest BCUT2D eigenvalue weighted by molar-refractivity contribution is 0.0928. The van der Waals surface area contributed by atoms with Gasteiger partial charge in [0.2, 0.25) is 0 Å². The van der Waals surface area contributed by atoms with Crippen LogP contribution < -0.4 is 11.1 Å². The van der Waals surface area contributed by atoms with Crippen molar-refractivity contribution >= 4 is 39.3 Å². The third-order valence-corrected chi connectivity index (χ3v) is 5.03. The molecule has 2 unspecified atom stereocenters. The van der Waals surface area contributed by atoms with Crippen LogP contribution in [0.3, 0.4) is 0 Å². The van der Waals surface area contributed by atoms with Crippen LogP contribution in [-0.2, 0) is 0 Å². The lowest BCUT2D eigenvalue weighted by Gasteiger charge is -2.28. The Morgan fingerprint density at radius 3 is 2.89 bits per heavy atom. The number of amides is 1. The third-order valence-electron chi connectivity index (χ3n) is 3.48. The Balaban J connectivity index is 2.00. The Labute approximate surface area is 126 Å². The molecule has 0 radical (unpaired) electrons. The molecule has 1 aliphatic carbocycles. The van der Waals surface area contributed by atoms with Crippen molar-refractivity contribution in [3.8, 4) is 0 Å². The number of anilines is 1. The fourth-order valence-electron chi connectivity index (χ4n) is 2.50. The summed E-state index contributed by atoms with van der Waals surface area (Å²) in [5.74, 6) is -0.0280. The lowest BCUT2D eigenvalue weighted by atomic mass is 9.94. The minimum absolute atomic E-state index is 0.0280. The first kappa shape index (κ1) is 14.7. The fourth-order valence-corrected chi connectivity index (χ4v) is 3.84. The molecule has 1 amide bonds. The van der Waals surface area contributed by atoms with Crippen LogP contribution in [0.1, 0.15) is 36.0 Å². The molecule has 0 aromatic heterocycles. The van der Waals surface area contributed by atoms with Crippen LogP contribution in [0.15, 0.2) is 22.7 Å². The first-order valence-corrected chi connectivity index (χ1v) is 8.56. The molecule has 0 spiro atoms. The zero-order valence-corrected chi connectivity index (χ0v) is 13.4. The zero-order chi connectivity index (χ0) is 13.8. The predicted octanol–water partition coefficient (Wildman–Crippen LogP) is 3.44. The molecule has 3 N–H and O–H groups in total. The molecule has 0 bridgehead atoms. The van der Waals surface area contributed by atoms with E-state index in [2.05, 4.69) is 27.5 Å². The van der Waals surface area contributed by atoms with Gasteiger partial charge in [0.25, 0.3) is 5.91 Å². The van der Waals surface area contributed by atoms with E-state index in [1.165, 1.54) is 12.8 Å². The van der Waals surface area contributed by atoms with Crippen molar-refractivity contribution in [1.29, 1.82) is 0 Å². The number of thioether (sulfide) groups is 1. The highest BCUT2D eigenvalue weighted by molar-refractivity contribution is 9.10. The summed E-state index contributed by atoms with van der Waals surface area (Å²) in [6, 6.07) is 5.61. The highest BCUT2D eigenvalue weighted by atomic mass is 79.9. The van der Waals surface area contributed by atoms with E-state index >= 15 is 0 Å². The van der Waals surface area contributed by atoms with Crippen molar-refractivity contribution in [2.24, 2.45) is 0 Å². The molecule has 1 aromatic carbocycles. The van der Waals surface area contributed by atoms with Gasteiger partial charge in [-0.05, 0) is 43.7 Å². The van der Waals surface area contributed by atoms with Gasteiger partial charge in [-0.2, -0.15) is 11.8 Å². The van der Waals surface area contributed by atoms with Crippen LogP contribution in [0.25, 0.3) is 0 Å². The van der Waals surface area contributed by atoms with E-state index in [0.29, 0.717) is 22.5 Å². The molecule has 1 saturated carbocycles. The number of halogens is 1. The summed E-state index contributed by atoms with van der Waals surface area (Å²) in [5.41, 5.74) is 6.99. The molecule has 104 valence electrons. The van der Waals surface area contributed by atoms with Gasteiger partial charge in [-0.3, -0.25) is 4.79 Å². The standard InChI is InChI=1S/C14H19BrN2OS/c1-19-13-4-2-3-12(8-13)17-14(18)9-5-10(15)7-11(16)6-9/h5-7,12-13H,2-4,8,16H2,1H3,(H,17,18). The summed E-state index contributed by atoms with van der Waals surface area (Å²) in [6.07, 6.45) is 6.74. The van der Waals surface area contributed by atoms with Gasteiger partial charge in [-0.15, -0.1) is 0 Å². The fraction of sp³-hybridized carbons (Fsp3) is 0.500. The van der Waals surface area contributed by atoms with Crippen LogP contribution in [0.5, 0.6) is 0 Å². The Morgan fingerprint density at radius 1 is 1.42 bits per heavy atom. The number of nitrogen functional groups attached to an aromatic ring is 1. The van der Waals surface area contributed by atoms with Crippen molar-refractivity contribution in [3.05, 3.63) is 28.2 Å². The summed E-state index contributed by atoms with van der Waals surface area (Å²) in [6.45, 7) is 0. The van der Waals surface area contributed by atoms with Gasteiger partial charge in [0.15, 0.2) is 0 Å². The van der Waals surface area contributed by atoms with E-state index in [1.54, 1.807) is 18.2 Å². The number of rotatable bonds is 3. The average Bonchev–Trinajstić information content (AvgIpc) is 2.37. The van der Waals surface area contributed by atoms with Crippen LogP contribution >= 0.6 is 27.7 Å². The second-order valence-corrected chi connectivity index (χ2v) is 7.02. The molecule has 19 heavy (non-hydrogen) atoms. The first-order chi connectivity index (χ1) is 9.08. The lowest BCUT2D eigenvalue weighted by Crippen LogP contribution is -2.39. The summed E-state index contributed by atoms with van der Waals surface area (Å²) in [4.78, 5) is 12.2. The first-order valence-electron chi connectivity index (χ1n) is 6.48. The summed E-state index contributed by atoms with van der Waals surface area (Å²) < 4.78 is 0.836. The molecule has 0 heterocycles. The Kier molecular flexibility index (Phi) is 5.16. The van der Waals surface area contributed by atoms with Gasteiger partial charge in [0.05, 0.1) is 0 Å². The van der Waals surface area contributed by atoms with Gasteiger partial charge in [-0.1, -0.05) is 22.4 Å². The van der Waals surface area contributed by atoms with Crippen LogP contribution in [-0.4, -0.2) is 23.5 Å². The van der Waals surface area contributed by atoms with E-state index in [9.17, 15) is 4.79 Å². The second kappa shape index (κ2) is 6.66. The summed E-state index contributed by atoms with van der Waals surface area (Å²) in [5, 5.41) is 3.80. The predicted molar refractivity (Wildman–Crippen MR) is 85.6 cm³/mol. The van der Waals surface area contributed by atoms with E-state index in [-0.39, 0.29) is 5.91 Å². The number of nitrogens with one attached hydrogen (secondary N) is 1. The second-order valence-electron chi connectivity index (χ2n) is 4.97. The average molecular weight is 343 g/mol. The van der Waals surface area contributed by atoms with E-state index in [0.717, 1.165) is 17.3 Å². The minimum atomic E-state index is -0.0280. The molecule has 0 saturated heterocycles. The van der Waals surface area contributed by atoms with Gasteiger partial charge >= 0.3 is 0 Å². The molecular weight excluding hydrogens is 324 g/mol. The maximum absolute atomic E-state index is 12.2. The number of hydrogen-bond donors (Lipinski definition) is 2. The SMILES string of the molecule is CSC1CCCC(NC(=O)c2cc(N)cc(Br)c2)C1. The largest absolute Gasteiger partial charge is 0.399 e. The summed E-state index contributed by atoms with van der Waals surface area (Å²) in [7, 11) is 0. The van der Waals surface area contributed by atoms with Crippen molar-refractivity contribution in [2.75, 3.05) is 12.0 Å². The third kappa shape index (κ3) is 4.14. The molecule has 1 aliphatic rings. The molecule has 3 nitrogen and oxygen atoms in total. The van der Waals surface area contributed by atoms with Crippen molar-refractivity contribution in [1.82, 2.24) is 5.32 Å². The summed E-state index contributed by atoms with van der Waals surface area (Å²) >= 11 is 5.26. The zero-order valence-electron chi connectivity index (χ0n) is 11.0. The molecule has 5 heteroatoms. The van der Waals surface area contributed by atoms with Crippen molar-refractivity contribution < 1.29 is 4.79 Å². The number of carbonyl (C=O) groups excluding carboxylic acids is 1. The van der Waals surface area contributed by atoms with E-state index in [1.807, 2.05) is 11.8 Å². The molecule has 2 atom stereocenters. The van der Waals surface area contributed by atoms with Gasteiger partial charge in [0.1, 0.15) is 0 Å². The highest BCUT2D eigenvalue weighted by Crippen LogP contribution is 2.27. The molecule has 1 aromatic rings. The minimum Gasteiger partial charge on any atom is -0.399 e. The quantitative estimate of drug-likeness (QED) is 0.827. The Bertz CT molecular complexity index is 447. The molecule has 1 fully saturated rings. The maximum atomic E-state index is 12.2. The normalized spacial score (nSPS) is 23.1. The van der Waals surface area contributed by atoms with Crippen LogP contribution in [0.2, 0.25) is 0 Å². The van der Waals surface area contributed by atoms with Crippen LogP contribution in [0.4, 0.5) is 5.69 Å². The maximum Gasteiger partial charge on any atom is 0.251 e. The van der Waals surface area contributed by atoms with Crippen molar-refractivity contribution in [2.45, 2.75) is 37.0 Å². The number of benzene rings is 1. The topological polar surface area (TPSA) is 55.1 Å². The van der Waals surface area contributed by atoms with Gasteiger partial charge < -0.3 is 11.1 Å².